The van der Waals surface area contributed by atoms with Gasteiger partial charge in [-0.25, -0.2) is 0 Å². The van der Waals surface area contributed by atoms with E-state index in [-0.39, 0.29) is 12.0 Å². The Balaban J connectivity index is 2.27. The molecule has 106 valence electrons. The topological polar surface area (TPSA) is 47.6 Å². The zero-order chi connectivity index (χ0) is 14.1. The van der Waals surface area contributed by atoms with E-state index in [1.807, 2.05) is 45.0 Å². The third-order valence-corrected chi connectivity index (χ3v) is 2.73. The predicted octanol–water partition coefficient (Wildman–Crippen LogP) is 2.31. The van der Waals surface area contributed by atoms with Crippen molar-refractivity contribution in [2.75, 3.05) is 19.8 Å². The first-order valence-electron chi connectivity index (χ1n) is 6.76. The minimum absolute atomic E-state index is 0.194. The second-order valence-electron chi connectivity index (χ2n) is 4.33. The van der Waals surface area contributed by atoms with Crippen molar-refractivity contribution in [1.29, 1.82) is 0 Å². The Hall–Kier alpha value is -1.55. The van der Waals surface area contributed by atoms with E-state index in [1.165, 1.54) is 5.56 Å². The molecule has 0 spiro atoms. The summed E-state index contributed by atoms with van der Waals surface area (Å²) in [5.74, 6) is 0.659. The third-order valence-electron chi connectivity index (χ3n) is 2.73. The monoisotopic (exact) mass is 265 g/mol. The van der Waals surface area contributed by atoms with Crippen LogP contribution in [-0.2, 0) is 9.53 Å². The largest absolute Gasteiger partial charge is 0.492 e. The van der Waals surface area contributed by atoms with Crippen LogP contribution < -0.4 is 10.1 Å². The van der Waals surface area contributed by atoms with E-state index in [9.17, 15) is 4.79 Å². The van der Waals surface area contributed by atoms with E-state index in [4.69, 9.17) is 9.47 Å². The lowest BCUT2D eigenvalue weighted by atomic mass is 10.2. The normalized spacial score (nSPS) is 11.9. The standard InChI is InChI=1S/C15H23NO3/c1-4-14(15(17)18-5-2)16-9-10-19-13-8-6-7-12(3)11-13/h6-8,11,14,16H,4-5,9-10H2,1-3H3. The number of carbonyl (C=O) groups is 1. The average molecular weight is 265 g/mol. The minimum Gasteiger partial charge on any atom is -0.492 e. The summed E-state index contributed by atoms with van der Waals surface area (Å²) in [5.41, 5.74) is 1.17. The molecule has 0 radical (unpaired) electrons. The smallest absolute Gasteiger partial charge is 0.323 e. The van der Waals surface area contributed by atoms with Gasteiger partial charge in [-0.2, -0.15) is 0 Å². The van der Waals surface area contributed by atoms with Crippen LogP contribution in [-0.4, -0.2) is 31.8 Å². The molecule has 1 aromatic rings. The molecular formula is C15H23NO3. The molecule has 0 amide bonds. The zero-order valence-electron chi connectivity index (χ0n) is 11.9. The molecule has 4 nitrogen and oxygen atoms in total. The van der Waals surface area contributed by atoms with Crippen molar-refractivity contribution in [3.05, 3.63) is 29.8 Å². The molecule has 0 bridgehead atoms. The molecule has 1 N–H and O–H groups in total. The van der Waals surface area contributed by atoms with Gasteiger partial charge < -0.3 is 14.8 Å². The summed E-state index contributed by atoms with van der Waals surface area (Å²) in [6.07, 6.45) is 0.712. The van der Waals surface area contributed by atoms with Gasteiger partial charge in [0, 0.05) is 6.54 Å². The molecule has 0 fully saturated rings. The summed E-state index contributed by atoms with van der Waals surface area (Å²) in [4.78, 5) is 11.6. The molecule has 0 aromatic heterocycles. The molecule has 1 atom stereocenters. The Kier molecular flexibility index (Phi) is 6.97. The second-order valence-corrected chi connectivity index (χ2v) is 4.33. The zero-order valence-corrected chi connectivity index (χ0v) is 11.9. The quantitative estimate of drug-likeness (QED) is 0.579. The van der Waals surface area contributed by atoms with E-state index in [1.54, 1.807) is 0 Å². The number of hydrogen-bond donors (Lipinski definition) is 1. The molecule has 0 heterocycles. The number of benzene rings is 1. The van der Waals surface area contributed by atoms with Crippen LogP contribution in [0.3, 0.4) is 0 Å². The van der Waals surface area contributed by atoms with Crippen molar-refractivity contribution >= 4 is 5.97 Å². The molecule has 1 aromatic carbocycles. The van der Waals surface area contributed by atoms with Gasteiger partial charge >= 0.3 is 5.97 Å². The van der Waals surface area contributed by atoms with Crippen molar-refractivity contribution in [1.82, 2.24) is 5.32 Å². The number of hydrogen-bond acceptors (Lipinski definition) is 4. The summed E-state index contributed by atoms with van der Waals surface area (Å²) in [6.45, 7) is 7.35. The SMILES string of the molecule is CCOC(=O)C(CC)NCCOc1cccc(C)c1. The maximum atomic E-state index is 11.6. The van der Waals surface area contributed by atoms with Crippen LogP contribution in [0.1, 0.15) is 25.8 Å². The highest BCUT2D eigenvalue weighted by atomic mass is 16.5. The lowest BCUT2D eigenvalue weighted by Gasteiger charge is -2.15. The van der Waals surface area contributed by atoms with Crippen molar-refractivity contribution < 1.29 is 14.3 Å². The number of esters is 1. The molecule has 4 heteroatoms. The predicted molar refractivity (Wildman–Crippen MR) is 75.4 cm³/mol. The van der Waals surface area contributed by atoms with Crippen LogP contribution in [0.25, 0.3) is 0 Å². The third kappa shape index (κ3) is 5.75. The number of aryl methyl sites for hydroxylation is 1. The van der Waals surface area contributed by atoms with Crippen molar-refractivity contribution in [2.24, 2.45) is 0 Å². The summed E-state index contributed by atoms with van der Waals surface area (Å²) in [6, 6.07) is 7.66. The van der Waals surface area contributed by atoms with Gasteiger partial charge in [0.1, 0.15) is 18.4 Å². The highest BCUT2D eigenvalue weighted by molar-refractivity contribution is 5.75. The maximum absolute atomic E-state index is 11.6. The van der Waals surface area contributed by atoms with Crippen LogP contribution in [0.4, 0.5) is 0 Å². The van der Waals surface area contributed by atoms with E-state index in [0.717, 1.165) is 5.75 Å². The fourth-order valence-electron chi connectivity index (χ4n) is 1.74. The fourth-order valence-corrected chi connectivity index (χ4v) is 1.74. The maximum Gasteiger partial charge on any atom is 0.323 e. The van der Waals surface area contributed by atoms with E-state index in [0.29, 0.717) is 26.2 Å². The Morgan fingerprint density at radius 2 is 2.16 bits per heavy atom. The first-order chi connectivity index (χ1) is 9.17. The van der Waals surface area contributed by atoms with Gasteiger partial charge in [-0.15, -0.1) is 0 Å². The summed E-state index contributed by atoms with van der Waals surface area (Å²) < 4.78 is 10.6. The van der Waals surface area contributed by atoms with Crippen LogP contribution in [0, 0.1) is 6.92 Å². The van der Waals surface area contributed by atoms with Gasteiger partial charge in [0.2, 0.25) is 0 Å². The van der Waals surface area contributed by atoms with Crippen LogP contribution in [0.5, 0.6) is 5.75 Å². The van der Waals surface area contributed by atoms with Gasteiger partial charge in [0.15, 0.2) is 0 Å². The van der Waals surface area contributed by atoms with Gasteiger partial charge in [0.05, 0.1) is 6.61 Å². The van der Waals surface area contributed by atoms with Gasteiger partial charge in [-0.1, -0.05) is 19.1 Å². The van der Waals surface area contributed by atoms with Crippen LogP contribution in [0.2, 0.25) is 0 Å². The number of ether oxygens (including phenoxy) is 2. The van der Waals surface area contributed by atoms with Crippen LogP contribution in [0.15, 0.2) is 24.3 Å². The van der Waals surface area contributed by atoms with Crippen molar-refractivity contribution in [2.45, 2.75) is 33.2 Å². The van der Waals surface area contributed by atoms with E-state index >= 15 is 0 Å². The molecular weight excluding hydrogens is 242 g/mol. The number of rotatable bonds is 8. The Bertz CT molecular complexity index is 393. The molecule has 1 unspecified atom stereocenters. The van der Waals surface area contributed by atoms with Gasteiger partial charge in [-0.05, 0) is 38.0 Å². The second kappa shape index (κ2) is 8.53. The highest BCUT2D eigenvalue weighted by Crippen LogP contribution is 2.11. The van der Waals surface area contributed by atoms with Crippen molar-refractivity contribution in [3.8, 4) is 5.75 Å². The highest BCUT2D eigenvalue weighted by Gasteiger charge is 2.16. The molecule has 19 heavy (non-hydrogen) atoms. The van der Waals surface area contributed by atoms with Crippen molar-refractivity contribution in [3.63, 3.8) is 0 Å². The Morgan fingerprint density at radius 3 is 2.79 bits per heavy atom. The summed E-state index contributed by atoms with van der Waals surface area (Å²) in [7, 11) is 0. The molecule has 0 aliphatic heterocycles. The Labute approximate surface area is 115 Å². The molecule has 0 aliphatic rings. The van der Waals surface area contributed by atoms with Gasteiger partial charge in [-0.3, -0.25) is 4.79 Å². The first-order valence-corrected chi connectivity index (χ1v) is 6.76. The summed E-state index contributed by atoms with van der Waals surface area (Å²) >= 11 is 0. The first kappa shape index (κ1) is 15.5. The lowest BCUT2D eigenvalue weighted by molar-refractivity contribution is -0.145. The molecule has 0 saturated carbocycles. The van der Waals surface area contributed by atoms with Crippen LogP contribution >= 0.6 is 0 Å². The molecule has 0 aliphatic carbocycles. The lowest BCUT2D eigenvalue weighted by Crippen LogP contribution is -2.39. The average Bonchev–Trinajstić information content (AvgIpc) is 2.39. The van der Waals surface area contributed by atoms with E-state index < -0.39 is 0 Å². The van der Waals surface area contributed by atoms with Gasteiger partial charge in [0.25, 0.3) is 0 Å². The molecule has 0 saturated heterocycles. The van der Waals surface area contributed by atoms with E-state index in [2.05, 4.69) is 5.32 Å². The fraction of sp³-hybridized carbons (Fsp3) is 0.533. The Morgan fingerprint density at radius 1 is 1.37 bits per heavy atom. The molecule has 1 rings (SSSR count). The number of carbonyl (C=O) groups excluding carboxylic acids is 1. The number of nitrogens with one attached hydrogen (secondary N) is 1. The minimum atomic E-state index is -0.249. The summed E-state index contributed by atoms with van der Waals surface area (Å²) in [5, 5.41) is 3.14.